The first-order valence-electron chi connectivity index (χ1n) is 9.06. The number of rotatable bonds is 9. The summed E-state index contributed by atoms with van der Waals surface area (Å²) in [4.78, 5) is 3.32. The van der Waals surface area contributed by atoms with E-state index in [0.717, 1.165) is 24.3 Å². The van der Waals surface area contributed by atoms with Crippen molar-refractivity contribution in [3.8, 4) is 11.5 Å². The van der Waals surface area contributed by atoms with E-state index in [2.05, 4.69) is 34.7 Å². The summed E-state index contributed by atoms with van der Waals surface area (Å²) in [5.74, 6) is 1.44. The number of aromatic amines is 1. The van der Waals surface area contributed by atoms with Gasteiger partial charge in [-0.15, -0.1) is 0 Å². The lowest BCUT2D eigenvalue weighted by molar-refractivity contribution is 0.287. The molecule has 4 nitrogen and oxygen atoms in total. The summed E-state index contributed by atoms with van der Waals surface area (Å²) in [5, 5.41) is 5.45. The molecule has 5 heteroatoms. The molecule has 3 rings (SSSR count). The third-order valence-electron chi connectivity index (χ3n) is 4.27. The molecular weight excluding hydrogens is 348 g/mol. The average Bonchev–Trinajstić information content (AvgIpc) is 3.05. The Labute approximate surface area is 159 Å². The van der Waals surface area contributed by atoms with Crippen LogP contribution in [-0.2, 0) is 13.0 Å². The van der Waals surface area contributed by atoms with Crippen molar-refractivity contribution in [2.24, 2.45) is 0 Å². The number of para-hydroxylation sites is 1. The van der Waals surface area contributed by atoms with Crippen molar-refractivity contribution in [1.82, 2.24) is 10.3 Å². The van der Waals surface area contributed by atoms with E-state index in [4.69, 9.17) is 21.1 Å². The summed E-state index contributed by atoms with van der Waals surface area (Å²) in [5.41, 5.74) is 3.51. The van der Waals surface area contributed by atoms with Crippen molar-refractivity contribution in [2.45, 2.75) is 26.8 Å². The van der Waals surface area contributed by atoms with Crippen LogP contribution in [0.2, 0.25) is 5.02 Å². The van der Waals surface area contributed by atoms with Crippen molar-refractivity contribution in [3.05, 3.63) is 58.7 Å². The van der Waals surface area contributed by atoms with Crippen LogP contribution in [0.15, 0.2) is 42.6 Å². The van der Waals surface area contributed by atoms with Crippen LogP contribution >= 0.6 is 11.6 Å². The summed E-state index contributed by atoms with van der Waals surface area (Å²) in [6, 6.07) is 12.2. The van der Waals surface area contributed by atoms with Crippen LogP contribution in [0.25, 0.3) is 10.9 Å². The Bertz CT molecular complexity index is 860. The molecule has 2 aromatic carbocycles. The van der Waals surface area contributed by atoms with E-state index in [1.165, 1.54) is 16.5 Å². The van der Waals surface area contributed by atoms with E-state index in [9.17, 15) is 0 Å². The molecule has 0 fully saturated rings. The van der Waals surface area contributed by atoms with Gasteiger partial charge >= 0.3 is 0 Å². The highest BCUT2D eigenvalue weighted by atomic mass is 35.5. The topological polar surface area (TPSA) is 46.3 Å². The highest BCUT2D eigenvalue weighted by molar-refractivity contribution is 6.31. The second-order valence-electron chi connectivity index (χ2n) is 6.04. The molecule has 2 N–H and O–H groups in total. The summed E-state index contributed by atoms with van der Waals surface area (Å²) in [6.07, 6.45) is 3.04. The van der Waals surface area contributed by atoms with Crippen molar-refractivity contribution in [2.75, 3.05) is 19.8 Å². The van der Waals surface area contributed by atoms with Gasteiger partial charge in [-0.3, -0.25) is 0 Å². The van der Waals surface area contributed by atoms with Gasteiger partial charge in [0.05, 0.1) is 13.2 Å². The Morgan fingerprint density at radius 3 is 2.50 bits per heavy atom. The molecule has 1 heterocycles. The normalized spacial score (nSPS) is 11.0. The fourth-order valence-corrected chi connectivity index (χ4v) is 3.25. The maximum absolute atomic E-state index is 6.41. The molecule has 0 aliphatic rings. The lowest BCUT2D eigenvalue weighted by Gasteiger charge is -2.14. The number of hydrogen-bond acceptors (Lipinski definition) is 3. The minimum atomic E-state index is 0.582. The second kappa shape index (κ2) is 8.97. The minimum absolute atomic E-state index is 0.582. The zero-order chi connectivity index (χ0) is 18.4. The van der Waals surface area contributed by atoms with Gasteiger partial charge < -0.3 is 19.8 Å². The summed E-state index contributed by atoms with van der Waals surface area (Å²) < 4.78 is 11.3. The largest absolute Gasteiger partial charge is 0.490 e. The Kier molecular flexibility index (Phi) is 6.42. The first-order valence-corrected chi connectivity index (χ1v) is 9.44. The lowest BCUT2D eigenvalue weighted by Crippen LogP contribution is -2.17. The molecule has 26 heavy (non-hydrogen) atoms. The first-order chi connectivity index (χ1) is 12.7. The molecule has 138 valence electrons. The van der Waals surface area contributed by atoms with Crippen molar-refractivity contribution in [1.29, 1.82) is 0 Å². The predicted molar refractivity (Wildman–Crippen MR) is 107 cm³/mol. The molecular formula is C21H25ClN2O2. The van der Waals surface area contributed by atoms with Crippen LogP contribution in [0.1, 0.15) is 25.0 Å². The molecule has 0 aliphatic carbocycles. The van der Waals surface area contributed by atoms with Gasteiger partial charge in [-0.25, -0.2) is 0 Å². The highest BCUT2D eigenvalue weighted by Gasteiger charge is 2.11. The van der Waals surface area contributed by atoms with E-state index in [1.54, 1.807) is 0 Å². The molecule has 3 aromatic rings. The van der Waals surface area contributed by atoms with Gasteiger partial charge in [0.2, 0.25) is 0 Å². The average molecular weight is 373 g/mol. The monoisotopic (exact) mass is 372 g/mol. The smallest absolute Gasteiger partial charge is 0.162 e. The van der Waals surface area contributed by atoms with Crippen LogP contribution in [0, 0.1) is 0 Å². The molecule has 0 saturated heterocycles. The highest BCUT2D eigenvalue weighted by Crippen LogP contribution is 2.33. The molecule has 0 radical (unpaired) electrons. The fraction of sp³-hybridized carbons (Fsp3) is 0.333. The Balaban J connectivity index is 1.61. The standard InChI is InChI=1S/C21H25ClN2O2/c1-3-25-20-11-16(18(22)12-21(20)26-4-2)13-23-10-9-15-14-24-19-8-6-5-7-17(15)19/h5-8,11-12,14,23-24H,3-4,9-10,13H2,1-2H3. The number of hydrogen-bond donors (Lipinski definition) is 2. The number of ether oxygens (including phenoxy) is 2. The second-order valence-corrected chi connectivity index (χ2v) is 6.45. The Hall–Kier alpha value is -2.17. The molecule has 0 amide bonds. The van der Waals surface area contributed by atoms with E-state index in [1.807, 2.05) is 32.0 Å². The van der Waals surface area contributed by atoms with Gasteiger partial charge in [-0.2, -0.15) is 0 Å². The van der Waals surface area contributed by atoms with Crippen LogP contribution < -0.4 is 14.8 Å². The quantitative estimate of drug-likeness (QED) is 0.522. The van der Waals surface area contributed by atoms with Crippen LogP contribution in [0.5, 0.6) is 11.5 Å². The Morgan fingerprint density at radius 1 is 1.00 bits per heavy atom. The number of nitrogens with one attached hydrogen (secondary N) is 2. The fourth-order valence-electron chi connectivity index (χ4n) is 3.03. The van der Waals surface area contributed by atoms with Crippen molar-refractivity contribution >= 4 is 22.5 Å². The van der Waals surface area contributed by atoms with Gasteiger partial charge in [0.25, 0.3) is 0 Å². The van der Waals surface area contributed by atoms with E-state index in [-0.39, 0.29) is 0 Å². The minimum Gasteiger partial charge on any atom is -0.490 e. The van der Waals surface area contributed by atoms with Crippen molar-refractivity contribution in [3.63, 3.8) is 0 Å². The van der Waals surface area contributed by atoms with Crippen LogP contribution in [0.4, 0.5) is 0 Å². The Morgan fingerprint density at radius 2 is 1.73 bits per heavy atom. The number of aromatic nitrogens is 1. The molecule has 0 aliphatic heterocycles. The van der Waals surface area contributed by atoms with Crippen molar-refractivity contribution < 1.29 is 9.47 Å². The third kappa shape index (κ3) is 4.32. The summed E-state index contributed by atoms with van der Waals surface area (Å²) in [7, 11) is 0. The predicted octanol–water partition coefficient (Wildman–Crippen LogP) is 4.95. The van der Waals surface area contributed by atoms with Gasteiger partial charge in [-0.1, -0.05) is 29.8 Å². The molecule has 0 unspecified atom stereocenters. The number of benzene rings is 2. The summed E-state index contributed by atoms with van der Waals surface area (Å²) >= 11 is 6.41. The van der Waals surface area contributed by atoms with Crippen LogP contribution in [0.3, 0.4) is 0 Å². The van der Waals surface area contributed by atoms with Gasteiger partial charge in [0.1, 0.15) is 0 Å². The number of H-pyrrole nitrogens is 1. The maximum atomic E-state index is 6.41. The molecule has 0 saturated carbocycles. The van der Waals surface area contributed by atoms with Gasteiger partial charge in [0.15, 0.2) is 11.5 Å². The van der Waals surface area contributed by atoms with Gasteiger partial charge in [-0.05, 0) is 50.1 Å². The molecule has 0 spiro atoms. The maximum Gasteiger partial charge on any atom is 0.162 e. The van der Waals surface area contributed by atoms with Crippen LogP contribution in [-0.4, -0.2) is 24.7 Å². The summed E-state index contributed by atoms with van der Waals surface area (Å²) in [6.45, 7) is 6.64. The third-order valence-corrected chi connectivity index (χ3v) is 4.63. The SMILES string of the molecule is CCOc1cc(Cl)c(CNCCc2c[nH]c3ccccc23)cc1OCC. The molecule has 0 atom stereocenters. The first kappa shape index (κ1) is 18.6. The number of fused-ring (bicyclic) bond motifs is 1. The van der Waals surface area contributed by atoms with E-state index >= 15 is 0 Å². The van der Waals surface area contributed by atoms with Gasteiger partial charge in [0, 0.05) is 34.7 Å². The zero-order valence-corrected chi connectivity index (χ0v) is 16.0. The molecule has 0 bridgehead atoms. The van der Waals surface area contributed by atoms with E-state index in [0.29, 0.717) is 30.5 Å². The molecule has 1 aromatic heterocycles. The zero-order valence-electron chi connectivity index (χ0n) is 15.3. The number of halogens is 1. The van der Waals surface area contributed by atoms with E-state index < -0.39 is 0 Å². The lowest BCUT2D eigenvalue weighted by atomic mass is 10.1.